The highest BCUT2D eigenvalue weighted by molar-refractivity contribution is 6.31. The molecule has 9 heteroatoms. The molecular formula is C26H19FN2O6. The molecule has 0 radical (unpaired) electrons. The molecule has 4 amide bonds. The van der Waals surface area contributed by atoms with E-state index in [-0.39, 0.29) is 29.2 Å². The zero-order valence-electron chi connectivity index (χ0n) is 18.5. The lowest BCUT2D eigenvalue weighted by molar-refractivity contribution is -0.130. The van der Waals surface area contributed by atoms with E-state index >= 15 is 0 Å². The third-order valence-electron chi connectivity index (χ3n) is 5.16. The smallest absolute Gasteiger partial charge is 0.346 e. The number of nitrogens with zero attached hydrogens (tertiary/aromatic N) is 1. The maximum absolute atomic E-state index is 13.9. The van der Waals surface area contributed by atoms with Crippen molar-refractivity contribution < 1.29 is 33.0 Å². The van der Waals surface area contributed by atoms with E-state index in [1.165, 1.54) is 49.6 Å². The molecule has 0 atom stereocenters. The highest BCUT2D eigenvalue weighted by atomic mass is 19.1. The molecule has 1 heterocycles. The topological polar surface area (TPSA) is 102 Å². The Kier molecular flexibility index (Phi) is 6.68. The minimum atomic E-state index is -0.913. The van der Waals surface area contributed by atoms with E-state index in [1.807, 2.05) is 0 Å². The van der Waals surface area contributed by atoms with Crippen LogP contribution in [-0.2, 0) is 16.1 Å². The van der Waals surface area contributed by atoms with Crippen molar-refractivity contribution in [3.63, 3.8) is 0 Å². The molecule has 176 valence electrons. The second kappa shape index (κ2) is 10.0. The van der Waals surface area contributed by atoms with Crippen LogP contribution in [0.25, 0.3) is 6.08 Å². The minimum absolute atomic E-state index is 0.00954. The number of rotatable bonds is 6. The molecule has 1 aliphatic rings. The van der Waals surface area contributed by atoms with E-state index in [9.17, 15) is 23.6 Å². The highest BCUT2D eigenvalue weighted by Gasteiger charge is 2.35. The molecule has 3 aromatic carbocycles. The van der Waals surface area contributed by atoms with Crippen LogP contribution in [0.4, 0.5) is 9.18 Å². The second-order valence-electron chi connectivity index (χ2n) is 7.47. The number of benzene rings is 3. The molecule has 0 saturated carbocycles. The van der Waals surface area contributed by atoms with Crippen LogP contribution in [0, 0.1) is 5.82 Å². The molecule has 8 nitrogen and oxygen atoms in total. The number of methoxy groups -OCH3 is 1. The average Bonchev–Trinajstić information content (AvgIpc) is 2.86. The second-order valence-corrected chi connectivity index (χ2v) is 7.47. The van der Waals surface area contributed by atoms with Crippen LogP contribution in [-0.4, -0.2) is 35.8 Å². The highest BCUT2D eigenvalue weighted by Crippen LogP contribution is 2.30. The summed E-state index contributed by atoms with van der Waals surface area (Å²) in [6, 6.07) is 17.8. The number of carbonyl (C=O) groups excluding carboxylic acids is 4. The van der Waals surface area contributed by atoms with Crippen molar-refractivity contribution in [3.8, 4) is 11.5 Å². The number of halogens is 1. The van der Waals surface area contributed by atoms with Gasteiger partial charge in [0.05, 0.1) is 19.2 Å². The van der Waals surface area contributed by atoms with Crippen molar-refractivity contribution in [2.45, 2.75) is 6.54 Å². The van der Waals surface area contributed by atoms with Gasteiger partial charge in [0.15, 0.2) is 11.5 Å². The molecule has 1 aliphatic heterocycles. The van der Waals surface area contributed by atoms with Crippen LogP contribution in [0.1, 0.15) is 21.5 Å². The standard InChI is InChI=1S/C26H19FN2O6/c1-34-22-14-17(11-12-21(22)35-25(32)18-9-5-6-10-20(18)27)13-19-23(30)28-26(33)29(24(19)31)15-16-7-3-2-4-8-16/h2-14H,15H2,1H3,(H,28,30,33)/b19-13+. The molecule has 0 unspecified atom stereocenters. The number of imide groups is 2. The normalized spacial score (nSPS) is 14.6. The van der Waals surface area contributed by atoms with Gasteiger partial charge in [-0.1, -0.05) is 48.5 Å². The molecular weight excluding hydrogens is 455 g/mol. The summed E-state index contributed by atoms with van der Waals surface area (Å²) in [6.45, 7) is -0.00954. The SMILES string of the molecule is COc1cc(/C=C2\C(=O)NC(=O)N(Cc3ccccc3)C2=O)ccc1OC(=O)c1ccccc1F. The van der Waals surface area contributed by atoms with Crippen molar-refractivity contribution in [1.82, 2.24) is 10.2 Å². The number of barbiturate groups is 1. The monoisotopic (exact) mass is 474 g/mol. The third kappa shape index (κ3) is 5.09. The molecule has 1 N–H and O–H groups in total. The maximum atomic E-state index is 13.9. The quantitative estimate of drug-likeness (QED) is 0.253. The van der Waals surface area contributed by atoms with Gasteiger partial charge in [-0.15, -0.1) is 0 Å². The molecule has 0 aromatic heterocycles. The van der Waals surface area contributed by atoms with E-state index in [4.69, 9.17) is 9.47 Å². The van der Waals surface area contributed by atoms with Gasteiger partial charge in [-0.2, -0.15) is 0 Å². The third-order valence-corrected chi connectivity index (χ3v) is 5.16. The summed E-state index contributed by atoms with van der Waals surface area (Å²) < 4.78 is 24.4. The van der Waals surface area contributed by atoms with Gasteiger partial charge in [-0.3, -0.25) is 19.8 Å². The number of amides is 4. The zero-order valence-corrected chi connectivity index (χ0v) is 18.5. The first-order valence-corrected chi connectivity index (χ1v) is 10.4. The molecule has 0 spiro atoms. The Bertz CT molecular complexity index is 1350. The molecule has 35 heavy (non-hydrogen) atoms. The summed E-state index contributed by atoms with van der Waals surface area (Å²) in [4.78, 5) is 50.9. The summed E-state index contributed by atoms with van der Waals surface area (Å²) in [5, 5.41) is 2.16. The Hall–Kier alpha value is -4.79. The van der Waals surface area contributed by atoms with E-state index in [2.05, 4.69) is 5.32 Å². The number of urea groups is 1. The first-order chi connectivity index (χ1) is 16.9. The largest absolute Gasteiger partial charge is 0.493 e. The number of hydrogen-bond donors (Lipinski definition) is 1. The van der Waals surface area contributed by atoms with Crippen LogP contribution in [0.2, 0.25) is 0 Å². The van der Waals surface area contributed by atoms with Crippen LogP contribution in [0.5, 0.6) is 11.5 Å². The molecule has 4 rings (SSSR count). The number of carbonyl (C=O) groups is 4. The van der Waals surface area contributed by atoms with Gasteiger partial charge in [-0.25, -0.2) is 14.0 Å². The Labute approximate surface area is 199 Å². The van der Waals surface area contributed by atoms with E-state index < -0.39 is 29.6 Å². The number of hydrogen-bond acceptors (Lipinski definition) is 6. The van der Waals surface area contributed by atoms with E-state index in [0.717, 1.165) is 11.0 Å². The van der Waals surface area contributed by atoms with Crippen LogP contribution in [0.3, 0.4) is 0 Å². The van der Waals surface area contributed by atoms with Gasteiger partial charge < -0.3 is 9.47 Å². The first kappa shape index (κ1) is 23.4. The molecule has 0 bridgehead atoms. The van der Waals surface area contributed by atoms with Crippen molar-refractivity contribution in [2.75, 3.05) is 7.11 Å². The fourth-order valence-corrected chi connectivity index (χ4v) is 3.41. The number of nitrogens with one attached hydrogen (secondary N) is 1. The first-order valence-electron chi connectivity index (χ1n) is 10.4. The van der Waals surface area contributed by atoms with Crippen LogP contribution >= 0.6 is 0 Å². The van der Waals surface area contributed by atoms with Gasteiger partial charge in [-0.05, 0) is 41.5 Å². The van der Waals surface area contributed by atoms with E-state index in [0.29, 0.717) is 11.1 Å². The number of ether oxygens (including phenoxy) is 2. The lowest BCUT2D eigenvalue weighted by atomic mass is 10.1. The summed E-state index contributed by atoms with van der Waals surface area (Å²) in [6.07, 6.45) is 1.30. The summed E-state index contributed by atoms with van der Waals surface area (Å²) in [7, 11) is 1.34. The predicted octanol–water partition coefficient (Wildman–Crippen LogP) is 3.72. The molecule has 0 aliphatic carbocycles. The lowest BCUT2D eigenvalue weighted by Gasteiger charge is -2.26. The predicted molar refractivity (Wildman–Crippen MR) is 123 cm³/mol. The van der Waals surface area contributed by atoms with Crippen molar-refractivity contribution in [3.05, 3.63) is 101 Å². The van der Waals surface area contributed by atoms with Crippen molar-refractivity contribution in [2.24, 2.45) is 0 Å². The van der Waals surface area contributed by atoms with Gasteiger partial charge >= 0.3 is 12.0 Å². The fourth-order valence-electron chi connectivity index (χ4n) is 3.41. The lowest BCUT2D eigenvalue weighted by Crippen LogP contribution is -2.53. The Morgan fingerprint density at radius 1 is 0.971 bits per heavy atom. The van der Waals surface area contributed by atoms with Gasteiger partial charge in [0.1, 0.15) is 11.4 Å². The molecule has 1 saturated heterocycles. The zero-order chi connectivity index (χ0) is 24.9. The van der Waals surface area contributed by atoms with E-state index in [1.54, 1.807) is 30.3 Å². The Morgan fingerprint density at radius 3 is 2.40 bits per heavy atom. The number of esters is 1. The maximum Gasteiger partial charge on any atom is 0.346 e. The summed E-state index contributed by atoms with van der Waals surface area (Å²) in [5.41, 5.74) is 0.597. The van der Waals surface area contributed by atoms with Crippen LogP contribution in [0.15, 0.2) is 78.4 Å². The van der Waals surface area contributed by atoms with Crippen molar-refractivity contribution >= 4 is 29.9 Å². The Morgan fingerprint density at radius 2 is 1.69 bits per heavy atom. The molecule has 3 aromatic rings. The minimum Gasteiger partial charge on any atom is -0.493 e. The summed E-state index contributed by atoms with van der Waals surface area (Å²) in [5.74, 6) is -3.10. The Balaban J connectivity index is 1.58. The summed E-state index contributed by atoms with van der Waals surface area (Å²) >= 11 is 0. The fraction of sp³-hybridized carbons (Fsp3) is 0.0769. The van der Waals surface area contributed by atoms with Crippen LogP contribution < -0.4 is 14.8 Å². The van der Waals surface area contributed by atoms with Crippen molar-refractivity contribution in [1.29, 1.82) is 0 Å². The van der Waals surface area contributed by atoms with Gasteiger partial charge in [0.25, 0.3) is 11.8 Å². The van der Waals surface area contributed by atoms with Gasteiger partial charge in [0.2, 0.25) is 0 Å². The van der Waals surface area contributed by atoms with Gasteiger partial charge in [0, 0.05) is 0 Å². The molecule has 1 fully saturated rings. The average molecular weight is 474 g/mol.